The van der Waals surface area contributed by atoms with Gasteiger partial charge in [0, 0.05) is 11.6 Å². The first kappa shape index (κ1) is 28.7. The third-order valence-electron chi connectivity index (χ3n) is 7.20. The van der Waals surface area contributed by atoms with E-state index in [1.54, 1.807) is 12.1 Å². The van der Waals surface area contributed by atoms with Crippen molar-refractivity contribution in [3.63, 3.8) is 0 Å². The van der Waals surface area contributed by atoms with Crippen molar-refractivity contribution in [3.8, 4) is 22.3 Å². The molecule has 0 radical (unpaired) electrons. The number of allylic oxidation sites excluding steroid dienone is 3. The molecule has 0 nitrogen and oxygen atoms in total. The van der Waals surface area contributed by atoms with Crippen LogP contribution in [0.4, 0.5) is 30.7 Å². The second kappa shape index (κ2) is 12.2. The minimum Gasteiger partial charge on any atom is -0.206 e. The Labute approximate surface area is 223 Å². The monoisotopic (exact) mass is 546 g/mol. The van der Waals surface area contributed by atoms with E-state index in [2.05, 4.69) is 19.1 Å². The van der Waals surface area contributed by atoms with Crippen molar-refractivity contribution in [2.24, 2.45) is 5.92 Å². The average Bonchev–Trinajstić information content (AvgIpc) is 2.88. The molecule has 0 saturated heterocycles. The van der Waals surface area contributed by atoms with E-state index in [0.717, 1.165) is 50.7 Å². The highest BCUT2D eigenvalue weighted by Crippen LogP contribution is 2.38. The lowest BCUT2D eigenvalue weighted by molar-refractivity contribution is -0.0790. The molecule has 3 aromatic carbocycles. The van der Waals surface area contributed by atoms with E-state index in [1.165, 1.54) is 5.56 Å². The lowest BCUT2D eigenvalue weighted by Gasteiger charge is -2.27. The molecule has 1 aliphatic rings. The van der Waals surface area contributed by atoms with Gasteiger partial charge in [-0.25, -0.2) is 17.6 Å². The molecular formula is C32H29F7. The normalized spacial score (nSPS) is 18.4. The van der Waals surface area contributed by atoms with Crippen LogP contribution >= 0.6 is 0 Å². The van der Waals surface area contributed by atoms with Crippen LogP contribution in [0.5, 0.6) is 0 Å². The Morgan fingerprint density at radius 3 is 1.85 bits per heavy atom. The predicted octanol–water partition coefficient (Wildman–Crippen LogP) is 10.8. The lowest BCUT2D eigenvalue weighted by atomic mass is 9.78. The first-order valence-electron chi connectivity index (χ1n) is 13.1. The summed E-state index contributed by atoms with van der Waals surface area (Å²) in [7, 11) is 0. The van der Waals surface area contributed by atoms with Gasteiger partial charge in [-0.05, 0) is 96.5 Å². The summed E-state index contributed by atoms with van der Waals surface area (Å²) in [6, 6.07) is 10.9. The Kier molecular flexibility index (Phi) is 8.98. The van der Waals surface area contributed by atoms with E-state index in [4.69, 9.17) is 0 Å². The van der Waals surface area contributed by atoms with Crippen LogP contribution in [-0.2, 0) is 0 Å². The number of rotatable bonds is 7. The van der Waals surface area contributed by atoms with E-state index in [1.807, 2.05) is 12.1 Å². The topological polar surface area (TPSA) is 0 Å². The first-order valence-corrected chi connectivity index (χ1v) is 13.1. The van der Waals surface area contributed by atoms with E-state index >= 15 is 8.78 Å². The van der Waals surface area contributed by atoms with Crippen LogP contribution in [-0.4, -0.2) is 6.18 Å². The summed E-state index contributed by atoms with van der Waals surface area (Å²) in [5, 5.41) is 0. The number of hydrogen-bond donors (Lipinski definition) is 0. The standard InChI is InChI=1S/C32H29F7/c1-2-3-4-5-20-6-8-21(9-7-20)22-10-12-23(13-11-22)24-16-29(35)31(30(36)17-24)25-18-27(33)26(28(34)19-25)14-15-32(37,38)39/h4-5,10-21H,2-3,6-9H2,1H3. The van der Waals surface area contributed by atoms with Crippen molar-refractivity contribution in [1.82, 2.24) is 0 Å². The summed E-state index contributed by atoms with van der Waals surface area (Å²) in [6.07, 6.45) is 6.42. The first-order chi connectivity index (χ1) is 18.6. The van der Waals surface area contributed by atoms with Gasteiger partial charge in [0.2, 0.25) is 0 Å². The maximum atomic E-state index is 15.0. The maximum absolute atomic E-state index is 15.0. The van der Waals surface area contributed by atoms with Crippen LogP contribution in [0.15, 0.2) is 66.8 Å². The van der Waals surface area contributed by atoms with Crippen LogP contribution in [0.3, 0.4) is 0 Å². The van der Waals surface area contributed by atoms with Gasteiger partial charge in [0.1, 0.15) is 23.3 Å². The van der Waals surface area contributed by atoms with Gasteiger partial charge < -0.3 is 0 Å². The highest BCUT2D eigenvalue weighted by molar-refractivity contribution is 5.73. The fourth-order valence-corrected chi connectivity index (χ4v) is 5.13. The third kappa shape index (κ3) is 7.20. The van der Waals surface area contributed by atoms with Crippen molar-refractivity contribution >= 4 is 6.08 Å². The van der Waals surface area contributed by atoms with Crippen LogP contribution in [0.1, 0.15) is 62.5 Å². The number of halogens is 7. The Hall–Kier alpha value is -3.35. The molecule has 0 amide bonds. The highest BCUT2D eigenvalue weighted by Gasteiger charge is 2.24. The van der Waals surface area contributed by atoms with Gasteiger partial charge >= 0.3 is 6.18 Å². The minimum absolute atomic E-state index is 0.240. The van der Waals surface area contributed by atoms with Crippen LogP contribution in [0.25, 0.3) is 28.3 Å². The molecular weight excluding hydrogens is 517 g/mol. The molecule has 1 saturated carbocycles. The molecule has 0 heterocycles. The van der Waals surface area contributed by atoms with Crippen molar-refractivity contribution < 1.29 is 30.7 Å². The molecule has 39 heavy (non-hydrogen) atoms. The zero-order valence-electron chi connectivity index (χ0n) is 21.5. The lowest BCUT2D eigenvalue weighted by Crippen LogP contribution is -2.11. The quantitative estimate of drug-likeness (QED) is 0.204. The summed E-state index contributed by atoms with van der Waals surface area (Å²) in [6.45, 7) is 2.16. The van der Waals surface area contributed by atoms with Gasteiger partial charge in [0.25, 0.3) is 0 Å². The molecule has 7 heteroatoms. The van der Waals surface area contributed by atoms with Crippen molar-refractivity contribution in [2.45, 2.75) is 57.5 Å². The molecule has 0 spiro atoms. The Balaban J connectivity index is 1.51. The highest BCUT2D eigenvalue weighted by atomic mass is 19.4. The minimum atomic E-state index is -4.77. The molecule has 0 bridgehead atoms. The summed E-state index contributed by atoms with van der Waals surface area (Å²) < 4.78 is 95.9. The number of benzene rings is 3. The second-order valence-corrected chi connectivity index (χ2v) is 9.99. The smallest absolute Gasteiger partial charge is 0.206 e. The fraction of sp³-hybridized carbons (Fsp3) is 0.312. The predicted molar refractivity (Wildman–Crippen MR) is 141 cm³/mol. The molecule has 3 aromatic rings. The molecule has 0 aromatic heterocycles. The Morgan fingerprint density at radius 2 is 1.31 bits per heavy atom. The summed E-state index contributed by atoms with van der Waals surface area (Å²) in [4.78, 5) is 0. The molecule has 0 N–H and O–H groups in total. The maximum Gasteiger partial charge on any atom is 0.409 e. The molecule has 0 unspecified atom stereocenters. The Morgan fingerprint density at radius 1 is 0.744 bits per heavy atom. The third-order valence-corrected chi connectivity index (χ3v) is 7.20. The molecule has 0 atom stereocenters. The molecule has 0 aliphatic heterocycles. The SMILES string of the molecule is CCCC=CC1CCC(c2ccc(-c3cc(F)c(-c4cc(F)c(C=CC(F)(F)F)c(F)c4)c(F)c3)cc2)CC1. The number of unbranched alkanes of at least 4 members (excludes halogenated alkanes) is 1. The van der Waals surface area contributed by atoms with Crippen molar-refractivity contribution in [3.05, 3.63) is 101 Å². The zero-order chi connectivity index (χ0) is 28.2. The van der Waals surface area contributed by atoms with Gasteiger partial charge in [-0.15, -0.1) is 0 Å². The van der Waals surface area contributed by atoms with Crippen LogP contribution in [0, 0.1) is 29.2 Å². The molecule has 1 aliphatic carbocycles. The summed E-state index contributed by atoms with van der Waals surface area (Å²) in [5.74, 6) is -3.76. The van der Waals surface area contributed by atoms with Gasteiger partial charge in [-0.3, -0.25) is 0 Å². The second-order valence-electron chi connectivity index (χ2n) is 9.99. The average molecular weight is 547 g/mol. The van der Waals surface area contributed by atoms with Crippen molar-refractivity contribution in [2.75, 3.05) is 0 Å². The largest absolute Gasteiger partial charge is 0.409 e. The number of hydrogen-bond acceptors (Lipinski definition) is 0. The van der Waals surface area contributed by atoms with Gasteiger partial charge in [-0.2, -0.15) is 13.2 Å². The van der Waals surface area contributed by atoms with Crippen molar-refractivity contribution in [1.29, 1.82) is 0 Å². The van der Waals surface area contributed by atoms with Gasteiger partial charge in [0.05, 0.1) is 5.56 Å². The van der Waals surface area contributed by atoms with E-state index in [9.17, 15) is 22.0 Å². The van der Waals surface area contributed by atoms with Crippen LogP contribution < -0.4 is 0 Å². The zero-order valence-corrected chi connectivity index (χ0v) is 21.5. The fourth-order valence-electron chi connectivity index (χ4n) is 5.13. The van der Waals surface area contributed by atoms with E-state index in [0.29, 0.717) is 29.5 Å². The molecule has 4 rings (SSSR count). The van der Waals surface area contributed by atoms with E-state index < -0.39 is 46.1 Å². The summed E-state index contributed by atoms with van der Waals surface area (Å²) in [5.41, 5.74) is -0.0385. The van der Waals surface area contributed by atoms with E-state index in [-0.39, 0.29) is 17.7 Å². The van der Waals surface area contributed by atoms with Gasteiger partial charge in [0.15, 0.2) is 0 Å². The van der Waals surface area contributed by atoms with Gasteiger partial charge in [-0.1, -0.05) is 49.8 Å². The molecule has 1 fully saturated rings. The Bertz CT molecular complexity index is 1300. The number of alkyl halides is 3. The summed E-state index contributed by atoms with van der Waals surface area (Å²) >= 11 is 0. The van der Waals surface area contributed by atoms with Crippen LogP contribution in [0.2, 0.25) is 0 Å². The molecule has 206 valence electrons.